The second-order valence-corrected chi connectivity index (χ2v) is 5.55. The zero-order valence-corrected chi connectivity index (χ0v) is 12.3. The summed E-state index contributed by atoms with van der Waals surface area (Å²) >= 11 is 1.51. The Morgan fingerprint density at radius 2 is 2.14 bits per heavy atom. The Bertz CT molecular complexity index is 670. The van der Waals surface area contributed by atoms with Crippen LogP contribution in [0.1, 0.15) is 28.2 Å². The van der Waals surface area contributed by atoms with Gasteiger partial charge < -0.3 is 10.0 Å². The van der Waals surface area contributed by atoms with Crippen LogP contribution in [0.2, 0.25) is 0 Å². The van der Waals surface area contributed by atoms with Gasteiger partial charge in [0.25, 0.3) is 11.6 Å². The quantitative estimate of drug-likeness (QED) is 0.694. The van der Waals surface area contributed by atoms with E-state index in [4.69, 9.17) is 0 Å². The van der Waals surface area contributed by atoms with Crippen LogP contribution in [0.15, 0.2) is 35.7 Å². The Balaban J connectivity index is 2.35. The maximum atomic E-state index is 12.5. The first-order valence-corrected chi connectivity index (χ1v) is 7.07. The van der Waals surface area contributed by atoms with Gasteiger partial charge in [0.2, 0.25) is 0 Å². The lowest BCUT2D eigenvalue weighted by Crippen LogP contribution is -2.29. The topological polar surface area (TPSA) is 83.7 Å². The predicted molar refractivity (Wildman–Crippen MR) is 79.6 cm³/mol. The summed E-state index contributed by atoms with van der Waals surface area (Å²) in [7, 11) is 1.58. The Morgan fingerprint density at radius 3 is 2.71 bits per heavy atom. The summed E-state index contributed by atoms with van der Waals surface area (Å²) in [5.74, 6) is -0.681. The Labute approximate surface area is 125 Å². The minimum Gasteiger partial charge on any atom is -0.508 e. The van der Waals surface area contributed by atoms with Gasteiger partial charge in [0, 0.05) is 18.0 Å². The first kappa shape index (κ1) is 15.0. The van der Waals surface area contributed by atoms with Crippen LogP contribution in [-0.4, -0.2) is 27.9 Å². The fourth-order valence-corrected chi connectivity index (χ4v) is 2.77. The number of nitro benzene ring substituents is 1. The third-order valence-electron chi connectivity index (χ3n) is 3.26. The highest BCUT2D eigenvalue weighted by Gasteiger charge is 2.26. The number of amides is 1. The first-order valence-electron chi connectivity index (χ1n) is 6.19. The number of hydrogen-bond acceptors (Lipinski definition) is 5. The van der Waals surface area contributed by atoms with Crippen LogP contribution in [0.4, 0.5) is 5.69 Å². The van der Waals surface area contributed by atoms with Crippen LogP contribution in [0, 0.1) is 10.1 Å². The van der Waals surface area contributed by atoms with Crippen molar-refractivity contribution in [3.05, 3.63) is 56.3 Å². The van der Waals surface area contributed by atoms with Crippen LogP contribution in [0.25, 0.3) is 0 Å². The molecule has 1 aromatic carbocycles. The number of carbonyl (C=O) groups excluding carboxylic acids is 1. The molecule has 1 amide bonds. The van der Waals surface area contributed by atoms with E-state index in [0.717, 1.165) is 17.0 Å². The van der Waals surface area contributed by atoms with Gasteiger partial charge in [-0.2, -0.15) is 0 Å². The highest BCUT2D eigenvalue weighted by molar-refractivity contribution is 7.10. The lowest BCUT2D eigenvalue weighted by molar-refractivity contribution is -0.385. The maximum absolute atomic E-state index is 12.5. The van der Waals surface area contributed by atoms with E-state index in [9.17, 15) is 20.0 Å². The van der Waals surface area contributed by atoms with Crippen LogP contribution >= 0.6 is 11.3 Å². The van der Waals surface area contributed by atoms with E-state index in [2.05, 4.69) is 0 Å². The number of phenols is 1. The van der Waals surface area contributed by atoms with E-state index >= 15 is 0 Å². The molecule has 0 bridgehead atoms. The molecule has 110 valence electrons. The van der Waals surface area contributed by atoms with Gasteiger partial charge in [-0.3, -0.25) is 14.9 Å². The molecule has 21 heavy (non-hydrogen) atoms. The number of nitrogens with zero attached hydrogens (tertiary/aromatic N) is 2. The predicted octanol–water partition coefficient (Wildman–Crippen LogP) is 3.20. The van der Waals surface area contributed by atoms with Crippen LogP contribution in [0.3, 0.4) is 0 Å². The minimum absolute atomic E-state index is 0.120. The maximum Gasteiger partial charge on any atom is 0.282 e. The Kier molecular flexibility index (Phi) is 4.23. The van der Waals surface area contributed by atoms with E-state index in [1.54, 1.807) is 7.05 Å². The monoisotopic (exact) mass is 306 g/mol. The fourth-order valence-electron chi connectivity index (χ4n) is 1.94. The number of aromatic hydroxyl groups is 1. The molecule has 0 fully saturated rings. The summed E-state index contributed by atoms with van der Waals surface area (Å²) in [4.78, 5) is 25.3. The van der Waals surface area contributed by atoms with Gasteiger partial charge in [-0.1, -0.05) is 6.07 Å². The lowest BCUT2D eigenvalue weighted by Gasteiger charge is -2.24. The molecule has 0 aliphatic rings. The molecular weight excluding hydrogens is 292 g/mol. The standard InChI is InChI=1S/C14H14N2O4S/c1-9(13-4-3-7-21-13)15(2)14(18)11-8-10(17)5-6-12(11)16(19)20/h3-9,17H,1-2H3. The third kappa shape index (κ3) is 3.03. The van der Waals surface area contributed by atoms with Crippen molar-refractivity contribution in [1.82, 2.24) is 4.90 Å². The van der Waals surface area contributed by atoms with Crippen molar-refractivity contribution in [3.8, 4) is 5.75 Å². The molecule has 0 saturated heterocycles. The van der Waals surface area contributed by atoms with Crippen LogP contribution in [0.5, 0.6) is 5.75 Å². The summed E-state index contributed by atoms with van der Waals surface area (Å²) in [6.07, 6.45) is 0. The van der Waals surface area contributed by atoms with Crippen molar-refractivity contribution >= 4 is 22.9 Å². The van der Waals surface area contributed by atoms with Crippen LogP contribution < -0.4 is 0 Å². The number of carbonyl (C=O) groups is 1. The van der Waals surface area contributed by atoms with E-state index in [0.29, 0.717) is 0 Å². The highest BCUT2D eigenvalue weighted by atomic mass is 32.1. The van der Waals surface area contributed by atoms with E-state index < -0.39 is 10.8 Å². The summed E-state index contributed by atoms with van der Waals surface area (Å²) < 4.78 is 0. The summed E-state index contributed by atoms with van der Waals surface area (Å²) in [5.41, 5.74) is -0.436. The van der Waals surface area contributed by atoms with Gasteiger partial charge in [-0.25, -0.2) is 0 Å². The molecule has 2 aromatic rings. The van der Waals surface area contributed by atoms with Crippen molar-refractivity contribution in [2.75, 3.05) is 7.05 Å². The SMILES string of the molecule is CC(c1cccs1)N(C)C(=O)c1cc(O)ccc1[N+](=O)[O-]. The number of hydrogen-bond donors (Lipinski definition) is 1. The molecule has 1 unspecified atom stereocenters. The van der Waals surface area contributed by atoms with E-state index in [1.165, 1.54) is 22.3 Å². The van der Waals surface area contributed by atoms with Gasteiger partial charge in [0.15, 0.2) is 0 Å². The van der Waals surface area contributed by atoms with Crippen molar-refractivity contribution in [3.63, 3.8) is 0 Å². The molecule has 1 N–H and O–H groups in total. The minimum atomic E-state index is -0.629. The summed E-state index contributed by atoms with van der Waals surface area (Å²) in [5, 5.41) is 22.4. The molecule has 0 radical (unpaired) electrons. The zero-order chi connectivity index (χ0) is 15.6. The molecule has 0 aliphatic heterocycles. The van der Waals surface area contributed by atoms with Gasteiger partial charge in [-0.05, 0) is 30.5 Å². The molecule has 0 spiro atoms. The van der Waals surface area contributed by atoms with Gasteiger partial charge in [0.1, 0.15) is 11.3 Å². The van der Waals surface area contributed by atoms with Gasteiger partial charge in [-0.15, -0.1) is 11.3 Å². The average molecular weight is 306 g/mol. The van der Waals surface area contributed by atoms with Gasteiger partial charge >= 0.3 is 0 Å². The number of benzene rings is 1. The number of phenolic OH excluding ortho intramolecular Hbond substituents is 1. The molecular formula is C14H14N2O4S. The molecule has 2 rings (SSSR count). The fraction of sp³-hybridized carbons (Fsp3) is 0.214. The normalized spacial score (nSPS) is 11.9. The molecule has 6 nitrogen and oxygen atoms in total. The highest BCUT2D eigenvalue weighted by Crippen LogP contribution is 2.29. The van der Waals surface area contributed by atoms with E-state index in [-0.39, 0.29) is 23.0 Å². The second-order valence-electron chi connectivity index (χ2n) is 4.57. The van der Waals surface area contributed by atoms with Crippen molar-refractivity contribution in [1.29, 1.82) is 0 Å². The first-order chi connectivity index (χ1) is 9.91. The average Bonchev–Trinajstić information content (AvgIpc) is 2.98. The largest absolute Gasteiger partial charge is 0.508 e. The Morgan fingerprint density at radius 1 is 1.43 bits per heavy atom. The van der Waals surface area contributed by atoms with Crippen LogP contribution in [-0.2, 0) is 0 Å². The number of rotatable bonds is 4. The number of thiophene rings is 1. The molecule has 0 aliphatic carbocycles. The molecule has 1 atom stereocenters. The smallest absolute Gasteiger partial charge is 0.282 e. The third-order valence-corrected chi connectivity index (χ3v) is 4.31. The second kappa shape index (κ2) is 5.92. The summed E-state index contributed by atoms with van der Waals surface area (Å²) in [6.45, 7) is 1.85. The summed E-state index contributed by atoms with van der Waals surface area (Å²) in [6, 6.07) is 7.02. The Hall–Kier alpha value is -2.41. The molecule has 7 heteroatoms. The van der Waals surface area contributed by atoms with Crippen molar-refractivity contribution in [2.45, 2.75) is 13.0 Å². The molecule has 0 saturated carbocycles. The lowest BCUT2D eigenvalue weighted by atomic mass is 10.1. The van der Waals surface area contributed by atoms with Gasteiger partial charge in [0.05, 0.1) is 11.0 Å². The molecule has 1 aromatic heterocycles. The van der Waals surface area contributed by atoms with E-state index in [1.807, 2.05) is 24.4 Å². The van der Waals surface area contributed by atoms with Crippen molar-refractivity contribution < 1.29 is 14.8 Å². The molecule has 1 heterocycles. The van der Waals surface area contributed by atoms with Crippen molar-refractivity contribution in [2.24, 2.45) is 0 Å². The number of nitro groups is 1. The zero-order valence-electron chi connectivity index (χ0n) is 11.5.